The van der Waals surface area contributed by atoms with Crippen molar-refractivity contribution in [3.63, 3.8) is 0 Å². The topological polar surface area (TPSA) is 64.1 Å². The molecule has 1 N–H and O–H groups in total. The lowest BCUT2D eigenvalue weighted by Gasteiger charge is -1.99. The summed E-state index contributed by atoms with van der Waals surface area (Å²) in [5.41, 5.74) is 1.15. The maximum Gasteiger partial charge on any atom is 0.276 e. The van der Waals surface area contributed by atoms with Crippen LogP contribution in [0.25, 0.3) is 10.2 Å². The van der Waals surface area contributed by atoms with Crippen LogP contribution in [-0.4, -0.2) is 23.0 Å². The smallest absolute Gasteiger partial charge is 0.276 e. The lowest BCUT2D eigenvalue weighted by Crippen LogP contribution is -2.12. The number of aromatic nitrogens is 2. The standard InChI is InChI=1S/C14H10N3O2S/c1-19-9-5-6-10-12(8-9)20-14(16-10)17-13(18)11-4-2-3-7-15-11/h2,4-8H,1H3,(H,16,17,18). The number of hydrogen-bond donors (Lipinski definition) is 1. The minimum Gasteiger partial charge on any atom is -0.497 e. The van der Waals surface area contributed by atoms with Crippen LogP contribution in [0.15, 0.2) is 36.5 Å². The number of benzene rings is 1. The molecule has 3 rings (SSSR count). The van der Waals surface area contributed by atoms with E-state index >= 15 is 0 Å². The van der Waals surface area contributed by atoms with Gasteiger partial charge in [0.2, 0.25) is 0 Å². The van der Waals surface area contributed by atoms with Crippen LogP contribution in [0, 0.1) is 6.07 Å². The van der Waals surface area contributed by atoms with Crippen molar-refractivity contribution >= 4 is 32.6 Å². The molecule has 6 heteroatoms. The number of anilines is 1. The van der Waals surface area contributed by atoms with Gasteiger partial charge in [0.15, 0.2) is 5.13 Å². The fourth-order valence-corrected chi connectivity index (χ4v) is 2.59. The van der Waals surface area contributed by atoms with E-state index in [0.29, 0.717) is 10.8 Å². The Bertz CT molecular complexity index is 755. The Morgan fingerprint density at radius 3 is 3.05 bits per heavy atom. The molecule has 0 aliphatic carbocycles. The molecular weight excluding hydrogens is 274 g/mol. The number of hydrogen-bond acceptors (Lipinski definition) is 5. The Kier molecular flexibility index (Phi) is 3.30. The third-order valence-electron chi connectivity index (χ3n) is 2.66. The predicted octanol–water partition coefficient (Wildman–Crippen LogP) is 2.75. The van der Waals surface area contributed by atoms with Crippen LogP contribution in [0.4, 0.5) is 5.13 Å². The highest BCUT2D eigenvalue weighted by Gasteiger charge is 2.10. The monoisotopic (exact) mass is 284 g/mol. The molecule has 0 saturated heterocycles. The van der Waals surface area contributed by atoms with Crippen LogP contribution in [0.1, 0.15) is 10.5 Å². The van der Waals surface area contributed by atoms with Gasteiger partial charge < -0.3 is 4.74 Å². The van der Waals surface area contributed by atoms with Gasteiger partial charge >= 0.3 is 0 Å². The number of carbonyl (C=O) groups excluding carboxylic acids is 1. The quantitative estimate of drug-likeness (QED) is 0.803. The van der Waals surface area contributed by atoms with Crippen LogP contribution >= 0.6 is 11.3 Å². The molecule has 0 fully saturated rings. The van der Waals surface area contributed by atoms with Crippen molar-refractivity contribution in [3.8, 4) is 5.75 Å². The number of rotatable bonds is 3. The molecule has 0 spiro atoms. The first-order valence-electron chi connectivity index (χ1n) is 5.84. The Labute approximate surface area is 119 Å². The molecule has 0 aliphatic heterocycles. The van der Waals surface area contributed by atoms with E-state index in [1.165, 1.54) is 17.5 Å². The van der Waals surface area contributed by atoms with E-state index in [4.69, 9.17) is 4.74 Å². The molecule has 2 heterocycles. The van der Waals surface area contributed by atoms with E-state index < -0.39 is 0 Å². The molecule has 0 unspecified atom stereocenters. The number of methoxy groups -OCH3 is 1. The van der Waals surface area contributed by atoms with Gasteiger partial charge in [0.25, 0.3) is 5.91 Å². The molecule has 0 saturated carbocycles. The second-order valence-electron chi connectivity index (χ2n) is 3.95. The van der Waals surface area contributed by atoms with Gasteiger partial charge in [0.1, 0.15) is 11.4 Å². The fourth-order valence-electron chi connectivity index (χ4n) is 1.70. The summed E-state index contributed by atoms with van der Waals surface area (Å²) in [7, 11) is 1.61. The summed E-state index contributed by atoms with van der Waals surface area (Å²) < 4.78 is 6.11. The normalized spacial score (nSPS) is 10.4. The van der Waals surface area contributed by atoms with Crippen molar-refractivity contribution in [2.75, 3.05) is 12.4 Å². The average Bonchev–Trinajstić information content (AvgIpc) is 2.89. The van der Waals surface area contributed by atoms with E-state index in [9.17, 15) is 4.79 Å². The zero-order chi connectivity index (χ0) is 13.9. The van der Waals surface area contributed by atoms with Crippen molar-refractivity contribution in [1.29, 1.82) is 0 Å². The molecule has 20 heavy (non-hydrogen) atoms. The van der Waals surface area contributed by atoms with Gasteiger partial charge in [0.05, 0.1) is 17.3 Å². The second-order valence-corrected chi connectivity index (χ2v) is 4.98. The van der Waals surface area contributed by atoms with Crippen molar-refractivity contribution in [2.24, 2.45) is 0 Å². The van der Waals surface area contributed by atoms with Crippen molar-refractivity contribution < 1.29 is 9.53 Å². The molecule has 2 aromatic heterocycles. The summed E-state index contributed by atoms with van der Waals surface area (Å²) in [6.07, 6.45) is 1.46. The van der Waals surface area contributed by atoms with Gasteiger partial charge in [-0.2, -0.15) is 0 Å². The Morgan fingerprint density at radius 1 is 1.40 bits per heavy atom. The summed E-state index contributed by atoms with van der Waals surface area (Å²) >= 11 is 1.39. The van der Waals surface area contributed by atoms with Crippen LogP contribution in [-0.2, 0) is 0 Å². The average molecular weight is 284 g/mol. The van der Waals surface area contributed by atoms with Crippen LogP contribution in [0.3, 0.4) is 0 Å². The number of thiazole rings is 1. The molecule has 1 aromatic carbocycles. The molecule has 0 aliphatic rings. The first-order chi connectivity index (χ1) is 9.76. The van der Waals surface area contributed by atoms with Gasteiger partial charge in [-0.15, -0.1) is 0 Å². The van der Waals surface area contributed by atoms with Gasteiger partial charge in [-0.3, -0.25) is 15.1 Å². The molecule has 1 radical (unpaired) electrons. The highest BCUT2D eigenvalue weighted by Crippen LogP contribution is 2.29. The van der Waals surface area contributed by atoms with Gasteiger partial charge in [0, 0.05) is 12.3 Å². The first kappa shape index (κ1) is 12.6. The minimum atomic E-state index is -0.287. The highest BCUT2D eigenvalue weighted by atomic mass is 32.1. The number of amides is 1. The summed E-state index contributed by atoms with van der Waals surface area (Å²) in [6, 6.07) is 11.6. The summed E-state index contributed by atoms with van der Waals surface area (Å²) in [6.45, 7) is 0. The number of nitrogens with zero attached hydrogens (tertiary/aromatic N) is 2. The summed E-state index contributed by atoms with van der Waals surface area (Å²) in [5, 5.41) is 3.27. The van der Waals surface area contributed by atoms with E-state index in [1.54, 1.807) is 19.2 Å². The van der Waals surface area contributed by atoms with E-state index in [2.05, 4.69) is 21.4 Å². The van der Waals surface area contributed by atoms with Gasteiger partial charge in [-0.1, -0.05) is 17.4 Å². The zero-order valence-electron chi connectivity index (χ0n) is 10.6. The number of ether oxygens (including phenoxy) is 1. The predicted molar refractivity (Wildman–Crippen MR) is 77.2 cm³/mol. The Morgan fingerprint density at radius 2 is 2.30 bits per heavy atom. The molecule has 99 valence electrons. The first-order valence-corrected chi connectivity index (χ1v) is 6.66. The number of pyridine rings is 1. The van der Waals surface area contributed by atoms with E-state index in [-0.39, 0.29) is 5.91 Å². The largest absolute Gasteiger partial charge is 0.497 e. The number of carbonyl (C=O) groups is 1. The molecular formula is C14H10N3O2S. The van der Waals surface area contributed by atoms with Crippen LogP contribution in [0.2, 0.25) is 0 Å². The Balaban J connectivity index is 1.86. The zero-order valence-corrected chi connectivity index (χ0v) is 11.4. The highest BCUT2D eigenvalue weighted by molar-refractivity contribution is 7.22. The van der Waals surface area contributed by atoms with Crippen LogP contribution in [0.5, 0.6) is 5.75 Å². The maximum absolute atomic E-state index is 12.0. The molecule has 1 amide bonds. The molecule has 3 aromatic rings. The van der Waals surface area contributed by atoms with Crippen molar-refractivity contribution in [2.45, 2.75) is 0 Å². The van der Waals surface area contributed by atoms with Gasteiger partial charge in [-0.25, -0.2) is 4.98 Å². The fraction of sp³-hybridized carbons (Fsp3) is 0.0714. The number of nitrogens with one attached hydrogen (secondary N) is 1. The minimum absolute atomic E-state index is 0.287. The van der Waals surface area contributed by atoms with Gasteiger partial charge in [-0.05, 0) is 24.3 Å². The lowest BCUT2D eigenvalue weighted by atomic mass is 10.3. The Hall–Kier alpha value is -2.47. The number of fused-ring (bicyclic) bond motifs is 1. The van der Waals surface area contributed by atoms with E-state index in [1.807, 2.05) is 18.2 Å². The van der Waals surface area contributed by atoms with Crippen molar-refractivity contribution in [1.82, 2.24) is 9.97 Å². The molecule has 5 nitrogen and oxygen atoms in total. The summed E-state index contributed by atoms with van der Waals surface area (Å²) in [4.78, 5) is 20.3. The molecule has 0 atom stereocenters. The maximum atomic E-state index is 12.0. The van der Waals surface area contributed by atoms with Crippen molar-refractivity contribution in [3.05, 3.63) is 48.3 Å². The van der Waals surface area contributed by atoms with E-state index in [0.717, 1.165) is 16.0 Å². The summed E-state index contributed by atoms with van der Waals surface area (Å²) in [5.74, 6) is 0.476. The third kappa shape index (κ3) is 2.46. The molecule has 0 bridgehead atoms. The SMILES string of the molecule is COc1ccc2nc(NC(=O)c3cc[c]cn3)sc2c1. The van der Waals surface area contributed by atoms with Crippen LogP contribution < -0.4 is 10.1 Å². The third-order valence-corrected chi connectivity index (χ3v) is 3.60. The lowest BCUT2D eigenvalue weighted by molar-refractivity contribution is 0.102. The second kappa shape index (κ2) is 5.26.